The van der Waals surface area contributed by atoms with E-state index in [-0.39, 0.29) is 6.04 Å². The highest BCUT2D eigenvalue weighted by atomic mass is 16.5. The maximum atomic E-state index is 8.44. The fraction of sp³-hybridized carbons (Fsp3) is 0.222. The van der Waals surface area contributed by atoms with Crippen LogP contribution in [0.2, 0.25) is 0 Å². The second-order valence-corrected chi connectivity index (χ2v) is 2.66. The number of ether oxygens (including phenoxy) is 1. The van der Waals surface area contributed by atoms with E-state index in [0.717, 1.165) is 11.3 Å². The van der Waals surface area contributed by atoms with Gasteiger partial charge in [0, 0.05) is 5.56 Å². The van der Waals surface area contributed by atoms with Crippen molar-refractivity contribution in [3.05, 3.63) is 29.8 Å². The lowest BCUT2D eigenvalue weighted by molar-refractivity contribution is 0.322. The molecule has 1 unspecified atom stereocenters. The average molecular weight is 160 g/mol. The second-order valence-electron chi connectivity index (χ2n) is 2.66. The van der Waals surface area contributed by atoms with Gasteiger partial charge in [0.05, 0.1) is 6.04 Å². The highest BCUT2D eigenvalue weighted by molar-refractivity contribution is 5.39. The van der Waals surface area contributed by atoms with E-state index in [1.807, 2.05) is 30.5 Å². The standard InChI is InChI=1S/C9H8N2O/c10-6-11-8-5-12-9-4-2-1-3-7(8)9/h1-4,8,11H,5H2. The number of hydrogen-bond acceptors (Lipinski definition) is 3. The van der Waals surface area contributed by atoms with Gasteiger partial charge in [0.25, 0.3) is 0 Å². The van der Waals surface area contributed by atoms with Crippen LogP contribution in [0.1, 0.15) is 11.6 Å². The summed E-state index contributed by atoms with van der Waals surface area (Å²) in [5.74, 6) is 0.880. The van der Waals surface area contributed by atoms with Crippen LogP contribution in [0, 0.1) is 11.5 Å². The van der Waals surface area contributed by atoms with Crippen LogP contribution in [0.5, 0.6) is 5.75 Å². The predicted octanol–water partition coefficient (Wildman–Crippen LogP) is 1.19. The van der Waals surface area contributed by atoms with Gasteiger partial charge in [-0.25, -0.2) is 0 Å². The van der Waals surface area contributed by atoms with Gasteiger partial charge in [-0.05, 0) is 6.07 Å². The minimum Gasteiger partial charge on any atom is -0.491 e. The molecule has 0 aliphatic carbocycles. The highest BCUT2D eigenvalue weighted by Gasteiger charge is 2.22. The summed E-state index contributed by atoms with van der Waals surface area (Å²) in [5, 5.41) is 11.1. The largest absolute Gasteiger partial charge is 0.491 e. The van der Waals surface area contributed by atoms with E-state index in [9.17, 15) is 0 Å². The van der Waals surface area contributed by atoms with Gasteiger partial charge in [0.2, 0.25) is 0 Å². The van der Waals surface area contributed by atoms with Gasteiger partial charge in [0.1, 0.15) is 12.4 Å². The number of hydrogen-bond donors (Lipinski definition) is 1. The van der Waals surface area contributed by atoms with Crippen molar-refractivity contribution in [3.8, 4) is 11.9 Å². The summed E-state index contributed by atoms with van der Waals surface area (Å²) in [6.07, 6.45) is 1.92. The summed E-state index contributed by atoms with van der Waals surface area (Å²) in [4.78, 5) is 0. The van der Waals surface area contributed by atoms with Gasteiger partial charge in [-0.1, -0.05) is 18.2 Å². The number of para-hydroxylation sites is 1. The summed E-state index contributed by atoms with van der Waals surface area (Å²) in [7, 11) is 0. The van der Waals surface area contributed by atoms with Crippen LogP contribution in [-0.4, -0.2) is 6.61 Å². The number of fused-ring (bicyclic) bond motifs is 1. The number of nitrogens with one attached hydrogen (secondary N) is 1. The first-order valence-electron chi connectivity index (χ1n) is 3.78. The first kappa shape index (κ1) is 6.99. The molecule has 0 radical (unpaired) electrons. The molecule has 1 atom stereocenters. The number of nitrogens with zero attached hydrogens (tertiary/aromatic N) is 1. The Morgan fingerprint density at radius 2 is 2.33 bits per heavy atom. The third-order valence-corrected chi connectivity index (χ3v) is 1.94. The maximum Gasteiger partial charge on any atom is 0.177 e. The van der Waals surface area contributed by atoms with Gasteiger partial charge >= 0.3 is 0 Å². The van der Waals surface area contributed by atoms with Crippen LogP contribution in [-0.2, 0) is 0 Å². The summed E-state index contributed by atoms with van der Waals surface area (Å²) in [5.41, 5.74) is 1.07. The van der Waals surface area contributed by atoms with Crippen LogP contribution < -0.4 is 10.1 Å². The zero-order valence-electron chi connectivity index (χ0n) is 6.45. The molecule has 1 aliphatic rings. The van der Waals surface area contributed by atoms with Gasteiger partial charge in [0.15, 0.2) is 6.19 Å². The topological polar surface area (TPSA) is 45.0 Å². The number of nitriles is 1. The Morgan fingerprint density at radius 3 is 3.17 bits per heavy atom. The normalized spacial score (nSPS) is 19.1. The summed E-state index contributed by atoms with van der Waals surface area (Å²) >= 11 is 0. The molecular weight excluding hydrogens is 152 g/mol. The third kappa shape index (κ3) is 0.978. The van der Waals surface area contributed by atoms with E-state index in [1.165, 1.54) is 0 Å². The van der Waals surface area contributed by atoms with Crippen molar-refractivity contribution in [2.24, 2.45) is 0 Å². The Kier molecular flexibility index (Phi) is 1.60. The maximum absolute atomic E-state index is 8.44. The summed E-state index contributed by atoms with van der Waals surface area (Å²) in [6, 6.07) is 7.78. The minimum absolute atomic E-state index is 0.0335. The Bertz CT molecular complexity index is 330. The lowest BCUT2D eigenvalue weighted by atomic mass is 10.1. The van der Waals surface area contributed by atoms with Crippen LogP contribution in [0.25, 0.3) is 0 Å². The SMILES string of the molecule is N#CNC1COc2ccccc21. The van der Waals surface area contributed by atoms with E-state index in [4.69, 9.17) is 10.00 Å². The van der Waals surface area contributed by atoms with Crippen molar-refractivity contribution in [2.75, 3.05) is 6.61 Å². The molecule has 0 fully saturated rings. The quantitative estimate of drug-likeness (QED) is 0.495. The monoisotopic (exact) mass is 160 g/mol. The molecule has 3 nitrogen and oxygen atoms in total. The fourth-order valence-corrected chi connectivity index (χ4v) is 1.36. The van der Waals surface area contributed by atoms with Crippen molar-refractivity contribution in [2.45, 2.75) is 6.04 Å². The van der Waals surface area contributed by atoms with Crippen molar-refractivity contribution < 1.29 is 4.74 Å². The van der Waals surface area contributed by atoms with Gasteiger partial charge < -0.3 is 10.1 Å². The highest BCUT2D eigenvalue weighted by Crippen LogP contribution is 2.31. The molecule has 1 aromatic rings. The molecule has 1 heterocycles. The van der Waals surface area contributed by atoms with Gasteiger partial charge in [-0.15, -0.1) is 0 Å². The molecule has 0 aromatic heterocycles. The molecule has 2 rings (SSSR count). The summed E-state index contributed by atoms with van der Waals surface area (Å²) in [6.45, 7) is 0.549. The summed E-state index contributed by atoms with van der Waals surface area (Å²) < 4.78 is 5.35. The molecule has 1 aliphatic heterocycles. The van der Waals surface area contributed by atoms with E-state index >= 15 is 0 Å². The molecule has 1 N–H and O–H groups in total. The Balaban J connectivity index is 2.31. The Hall–Kier alpha value is -1.69. The van der Waals surface area contributed by atoms with Crippen molar-refractivity contribution in [1.82, 2.24) is 5.32 Å². The smallest absolute Gasteiger partial charge is 0.177 e. The van der Waals surface area contributed by atoms with Crippen molar-refractivity contribution >= 4 is 0 Å². The van der Waals surface area contributed by atoms with Crippen LogP contribution in [0.15, 0.2) is 24.3 Å². The number of rotatable bonds is 1. The molecule has 0 amide bonds. The van der Waals surface area contributed by atoms with Gasteiger partial charge in [-0.3, -0.25) is 0 Å². The van der Waals surface area contributed by atoms with Crippen LogP contribution >= 0.6 is 0 Å². The minimum atomic E-state index is 0.0335. The van der Waals surface area contributed by atoms with E-state index in [1.54, 1.807) is 0 Å². The molecule has 0 saturated heterocycles. The van der Waals surface area contributed by atoms with E-state index in [0.29, 0.717) is 6.61 Å². The molecule has 3 heteroatoms. The van der Waals surface area contributed by atoms with Crippen LogP contribution in [0.4, 0.5) is 0 Å². The molecule has 1 aromatic carbocycles. The molecule has 60 valence electrons. The van der Waals surface area contributed by atoms with Crippen LogP contribution in [0.3, 0.4) is 0 Å². The second kappa shape index (κ2) is 2.74. The molecule has 0 bridgehead atoms. The van der Waals surface area contributed by atoms with Gasteiger partial charge in [-0.2, -0.15) is 5.26 Å². The van der Waals surface area contributed by atoms with Crippen molar-refractivity contribution in [3.63, 3.8) is 0 Å². The fourth-order valence-electron chi connectivity index (χ4n) is 1.36. The lowest BCUT2D eigenvalue weighted by Crippen LogP contribution is -2.16. The Morgan fingerprint density at radius 1 is 1.50 bits per heavy atom. The third-order valence-electron chi connectivity index (χ3n) is 1.94. The predicted molar refractivity (Wildman–Crippen MR) is 43.4 cm³/mol. The zero-order valence-corrected chi connectivity index (χ0v) is 6.45. The first-order valence-corrected chi connectivity index (χ1v) is 3.78. The molecule has 12 heavy (non-hydrogen) atoms. The number of benzene rings is 1. The first-order chi connectivity index (χ1) is 5.92. The van der Waals surface area contributed by atoms with Crippen molar-refractivity contribution in [1.29, 1.82) is 5.26 Å². The molecular formula is C9H8N2O. The Labute approximate surface area is 70.6 Å². The molecule has 0 spiro atoms. The van der Waals surface area contributed by atoms with E-state index in [2.05, 4.69) is 5.32 Å². The lowest BCUT2D eigenvalue weighted by Gasteiger charge is -2.03. The molecule has 0 saturated carbocycles. The zero-order chi connectivity index (χ0) is 8.39. The average Bonchev–Trinajstić information content (AvgIpc) is 2.50. The van der Waals surface area contributed by atoms with E-state index < -0.39 is 0 Å².